The van der Waals surface area contributed by atoms with E-state index in [2.05, 4.69) is 14.9 Å². The van der Waals surface area contributed by atoms with Crippen LogP contribution in [0.4, 0.5) is 4.39 Å². The summed E-state index contributed by atoms with van der Waals surface area (Å²) in [6.07, 6.45) is 8.29. The van der Waals surface area contributed by atoms with Crippen molar-refractivity contribution in [2.45, 2.75) is 32.2 Å². The van der Waals surface area contributed by atoms with Gasteiger partial charge < -0.3 is 4.98 Å². The Morgan fingerprint density at radius 1 is 1.38 bits per heavy atom. The van der Waals surface area contributed by atoms with Gasteiger partial charge in [-0.3, -0.25) is 4.90 Å². The lowest BCUT2D eigenvalue weighted by Gasteiger charge is -2.32. The Morgan fingerprint density at radius 3 is 3.14 bits per heavy atom. The van der Waals surface area contributed by atoms with E-state index in [0.717, 1.165) is 38.0 Å². The predicted octanol–water partition coefficient (Wildman–Crippen LogP) is 3.39. The maximum atomic E-state index is 13.2. The predicted molar refractivity (Wildman–Crippen MR) is 81.3 cm³/mol. The van der Waals surface area contributed by atoms with Gasteiger partial charge in [-0.2, -0.15) is 0 Å². The topological polar surface area (TPSA) is 31.9 Å². The highest BCUT2D eigenvalue weighted by atomic mass is 19.1. The standard InChI is InChI=1S/C17H22FN3/c18-16-5-1-3-14(9-16)6-7-15-4-2-8-21(11-15)12-17-10-19-13-20-17/h1,3,5,9-10,13,15H,2,4,6-8,11-12H2,(H,19,20). The average molecular weight is 287 g/mol. The number of nitrogens with zero attached hydrogens (tertiary/aromatic N) is 2. The fraction of sp³-hybridized carbons (Fsp3) is 0.471. The third-order valence-electron chi connectivity index (χ3n) is 4.28. The minimum atomic E-state index is -0.128. The Morgan fingerprint density at radius 2 is 2.33 bits per heavy atom. The number of piperidine rings is 1. The van der Waals surface area contributed by atoms with Gasteiger partial charge >= 0.3 is 0 Å². The molecule has 21 heavy (non-hydrogen) atoms. The molecule has 1 aliphatic rings. The molecule has 0 radical (unpaired) electrons. The first-order chi connectivity index (χ1) is 10.3. The first-order valence-electron chi connectivity index (χ1n) is 7.73. The first-order valence-corrected chi connectivity index (χ1v) is 7.73. The number of hydrogen-bond donors (Lipinski definition) is 1. The van der Waals surface area contributed by atoms with E-state index in [1.54, 1.807) is 18.5 Å². The lowest BCUT2D eigenvalue weighted by Crippen LogP contribution is -2.35. The van der Waals surface area contributed by atoms with Gasteiger partial charge in [-0.05, 0) is 55.8 Å². The molecule has 0 aliphatic carbocycles. The summed E-state index contributed by atoms with van der Waals surface area (Å²) >= 11 is 0. The van der Waals surface area contributed by atoms with Gasteiger partial charge in [0, 0.05) is 25.0 Å². The molecule has 112 valence electrons. The van der Waals surface area contributed by atoms with Gasteiger partial charge in [-0.25, -0.2) is 9.37 Å². The van der Waals surface area contributed by atoms with Crippen LogP contribution >= 0.6 is 0 Å². The molecule has 0 amide bonds. The van der Waals surface area contributed by atoms with Crippen LogP contribution in [0.25, 0.3) is 0 Å². The van der Waals surface area contributed by atoms with Crippen molar-refractivity contribution in [2.24, 2.45) is 5.92 Å². The fourth-order valence-electron chi connectivity index (χ4n) is 3.21. The zero-order valence-corrected chi connectivity index (χ0v) is 12.3. The average Bonchev–Trinajstić information content (AvgIpc) is 2.99. The van der Waals surface area contributed by atoms with Gasteiger partial charge in [0.1, 0.15) is 5.82 Å². The van der Waals surface area contributed by atoms with Gasteiger partial charge in [0.05, 0.1) is 6.33 Å². The lowest BCUT2D eigenvalue weighted by atomic mass is 9.91. The number of aromatic nitrogens is 2. The second-order valence-electron chi connectivity index (χ2n) is 5.99. The molecule has 4 heteroatoms. The molecule has 1 fully saturated rings. The second-order valence-corrected chi connectivity index (χ2v) is 5.99. The fourth-order valence-corrected chi connectivity index (χ4v) is 3.21. The van der Waals surface area contributed by atoms with Crippen LogP contribution in [0.2, 0.25) is 0 Å². The summed E-state index contributed by atoms with van der Waals surface area (Å²) < 4.78 is 13.2. The summed E-state index contributed by atoms with van der Waals surface area (Å²) in [7, 11) is 0. The van der Waals surface area contributed by atoms with E-state index in [9.17, 15) is 4.39 Å². The molecular weight excluding hydrogens is 265 g/mol. The highest BCUT2D eigenvalue weighted by molar-refractivity contribution is 5.16. The summed E-state index contributed by atoms with van der Waals surface area (Å²) in [5.41, 5.74) is 2.29. The summed E-state index contributed by atoms with van der Waals surface area (Å²) in [4.78, 5) is 9.74. The molecule has 1 saturated heterocycles. The molecule has 1 atom stereocenters. The van der Waals surface area contributed by atoms with Crippen LogP contribution in [0.15, 0.2) is 36.8 Å². The number of H-pyrrole nitrogens is 1. The van der Waals surface area contributed by atoms with Crippen molar-refractivity contribution in [1.29, 1.82) is 0 Å². The summed E-state index contributed by atoms with van der Waals surface area (Å²) in [6.45, 7) is 3.25. The molecular formula is C17H22FN3. The maximum absolute atomic E-state index is 13.2. The molecule has 0 bridgehead atoms. The second kappa shape index (κ2) is 6.85. The number of aromatic amines is 1. The van der Waals surface area contributed by atoms with Crippen molar-refractivity contribution < 1.29 is 4.39 Å². The van der Waals surface area contributed by atoms with E-state index in [0.29, 0.717) is 5.92 Å². The number of imidazole rings is 1. The Labute approximate surface area is 125 Å². The molecule has 0 spiro atoms. The van der Waals surface area contributed by atoms with Crippen LogP contribution in [-0.2, 0) is 13.0 Å². The smallest absolute Gasteiger partial charge is 0.123 e. The molecule has 1 unspecified atom stereocenters. The highest BCUT2D eigenvalue weighted by Gasteiger charge is 2.20. The van der Waals surface area contributed by atoms with Crippen molar-refractivity contribution in [1.82, 2.24) is 14.9 Å². The van der Waals surface area contributed by atoms with E-state index >= 15 is 0 Å². The van der Waals surface area contributed by atoms with Crippen molar-refractivity contribution in [3.05, 3.63) is 53.9 Å². The molecule has 1 N–H and O–H groups in total. The van der Waals surface area contributed by atoms with Crippen LogP contribution in [0.1, 0.15) is 30.5 Å². The molecule has 3 rings (SSSR count). The van der Waals surface area contributed by atoms with Gasteiger partial charge in [0.2, 0.25) is 0 Å². The van der Waals surface area contributed by atoms with E-state index in [1.807, 2.05) is 12.3 Å². The Hall–Kier alpha value is -1.68. The number of likely N-dealkylation sites (tertiary alicyclic amines) is 1. The number of benzene rings is 1. The monoisotopic (exact) mass is 287 g/mol. The van der Waals surface area contributed by atoms with Crippen molar-refractivity contribution >= 4 is 0 Å². The molecule has 2 aromatic rings. The lowest BCUT2D eigenvalue weighted by molar-refractivity contribution is 0.160. The summed E-state index contributed by atoms with van der Waals surface area (Å²) in [6, 6.07) is 6.99. The van der Waals surface area contributed by atoms with E-state index in [1.165, 1.54) is 24.6 Å². The van der Waals surface area contributed by atoms with Crippen LogP contribution < -0.4 is 0 Å². The summed E-state index contributed by atoms with van der Waals surface area (Å²) in [5, 5.41) is 0. The first kappa shape index (κ1) is 14.3. The van der Waals surface area contributed by atoms with Gasteiger partial charge in [-0.15, -0.1) is 0 Å². The number of halogens is 1. The van der Waals surface area contributed by atoms with Crippen LogP contribution in [0, 0.1) is 11.7 Å². The minimum absolute atomic E-state index is 0.128. The molecule has 1 aromatic heterocycles. The van der Waals surface area contributed by atoms with Gasteiger partial charge in [-0.1, -0.05) is 12.1 Å². The van der Waals surface area contributed by atoms with Crippen LogP contribution in [0.5, 0.6) is 0 Å². The molecule has 3 nitrogen and oxygen atoms in total. The van der Waals surface area contributed by atoms with Crippen molar-refractivity contribution in [3.8, 4) is 0 Å². The van der Waals surface area contributed by atoms with Crippen LogP contribution in [-0.4, -0.2) is 28.0 Å². The zero-order chi connectivity index (χ0) is 14.5. The van der Waals surface area contributed by atoms with Crippen molar-refractivity contribution in [2.75, 3.05) is 13.1 Å². The highest BCUT2D eigenvalue weighted by Crippen LogP contribution is 2.22. The quantitative estimate of drug-likeness (QED) is 0.914. The van der Waals surface area contributed by atoms with E-state index in [4.69, 9.17) is 0 Å². The summed E-state index contributed by atoms with van der Waals surface area (Å²) in [5.74, 6) is 0.585. The third-order valence-corrected chi connectivity index (χ3v) is 4.28. The Bertz CT molecular complexity index is 553. The number of hydrogen-bond acceptors (Lipinski definition) is 2. The van der Waals surface area contributed by atoms with Gasteiger partial charge in [0.25, 0.3) is 0 Å². The molecule has 1 aromatic carbocycles. The Kier molecular flexibility index (Phi) is 4.65. The number of aryl methyl sites for hydroxylation is 1. The van der Waals surface area contributed by atoms with Crippen molar-refractivity contribution in [3.63, 3.8) is 0 Å². The largest absolute Gasteiger partial charge is 0.347 e. The molecule has 2 heterocycles. The zero-order valence-electron chi connectivity index (χ0n) is 12.3. The maximum Gasteiger partial charge on any atom is 0.123 e. The number of nitrogens with one attached hydrogen (secondary N) is 1. The number of rotatable bonds is 5. The minimum Gasteiger partial charge on any atom is -0.347 e. The third kappa shape index (κ3) is 4.14. The van der Waals surface area contributed by atoms with E-state index < -0.39 is 0 Å². The molecule has 1 aliphatic heterocycles. The SMILES string of the molecule is Fc1cccc(CCC2CCCN(Cc3cnc[nH]3)C2)c1. The normalized spacial score (nSPS) is 19.8. The molecule has 0 saturated carbocycles. The van der Waals surface area contributed by atoms with Crippen LogP contribution in [0.3, 0.4) is 0 Å². The van der Waals surface area contributed by atoms with E-state index in [-0.39, 0.29) is 5.82 Å². The van der Waals surface area contributed by atoms with Gasteiger partial charge in [0.15, 0.2) is 0 Å². The Balaban J connectivity index is 1.49.